The van der Waals surface area contributed by atoms with Crippen LogP contribution in [0, 0.1) is 5.92 Å². The molecule has 0 spiro atoms. The van der Waals surface area contributed by atoms with Crippen molar-refractivity contribution in [2.75, 3.05) is 5.32 Å². The predicted octanol–water partition coefficient (Wildman–Crippen LogP) is 4.47. The highest BCUT2D eigenvalue weighted by atomic mass is 16.2. The lowest BCUT2D eigenvalue weighted by molar-refractivity contribution is -0.119. The molecule has 0 saturated carbocycles. The number of aromatic nitrogens is 2. The summed E-state index contributed by atoms with van der Waals surface area (Å²) < 4.78 is 0. The minimum atomic E-state index is -0.662. The molecule has 1 aromatic heterocycles. The van der Waals surface area contributed by atoms with E-state index in [2.05, 4.69) is 34.4 Å². The van der Waals surface area contributed by atoms with Gasteiger partial charge in [0.05, 0.1) is 11.0 Å². The van der Waals surface area contributed by atoms with Gasteiger partial charge in [-0.15, -0.1) is 0 Å². The molecule has 2 unspecified atom stereocenters. The first-order valence-electron chi connectivity index (χ1n) is 10.1. The lowest BCUT2D eigenvalue weighted by Crippen LogP contribution is -2.47. The molecule has 152 valence electrons. The summed E-state index contributed by atoms with van der Waals surface area (Å²) in [4.78, 5) is 33.1. The minimum Gasteiger partial charge on any atom is -0.340 e. The van der Waals surface area contributed by atoms with E-state index < -0.39 is 6.04 Å². The van der Waals surface area contributed by atoms with E-state index in [0.29, 0.717) is 17.4 Å². The van der Waals surface area contributed by atoms with Crippen LogP contribution < -0.4 is 10.6 Å². The second kappa shape index (κ2) is 8.90. The molecule has 0 aliphatic carbocycles. The Morgan fingerprint density at radius 1 is 1.03 bits per heavy atom. The van der Waals surface area contributed by atoms with Crippen molar-refractivity contribution in [3.63, 3.8) is 0 Å². The standard InChI is InChI=1S/C23H28N4O2/c1-5-15(4)20(26-21(28)17-12-10-16(11-13-17)14(2)3)22(29)27-23-24-18-8-6-7-9-19(18)25-23/h6-15,20H,5H2,1-4H3,(H,26,28)(H2,24,25,27,29). The molecule has 0 aliphatic rings. The lowest BCUT2D eigenvalue weighted by atomic mass is 9.97. The minimum absolute atomic E-state index is 0.0294. The zero-order valence-corrected chi connectivity index (χ0v) is 17.3. The van der Waals surface area contributed by atoms with E-state index >= 15 is 0 Å². The van der Waals surface area contributed by atoms with E-state index in [-0.39, 0.29) is 17.7 Å². The number of anilines is 1. The summed E-state index contributed by atoms with van der Waals surface area (Å²) in [5.74, 6) is 0.198. The third-order valence-electron chi connectivity index (χ3n) is 5.25. The van der Waals surface area contributed by atoms with Crippen LogP contribution in [0.5, 0.6) is 0 Å². The number of benzene rings is 2. The highest BCUT2D eigenvalue weighted by Crippen LogP contribution is 2.17. The number of fused-ring (bicyclic) bond motifs is 1. The monoisotopic (exact) mass is 392 g/mol. The zero-order chi connectivity index (χ0) is 21.0. The third kappa shape index (κ3) is 4.83. The summed E-state index contributed by atoms with van der Waals surface area (Å²) >= 11 is 0. The predicted molar refractivity (Wildman–Crippen MR) is 116 cm³/mol. The average Bonchev–Trinajstić information content (AvgIpc) is 3.13. The molecule has 6 heteroatoms. The molecule has 2 atom stereocenters. The number of carbonyl (C=O) groups excluding carboxylic acids is 2. The molecule has 0 bridgehead atoms. The van der Waals surface area contributed by atoms with Crippen LogP contribution in [0.25, 0.3) is 11.0 Å². The fourth-order valence-electron chi connectivity index (χ4n) is 3.15. The number of nitrogens with one attached hydrogen (secondary N) is 3. The molecule has 3 N–H and O–H groups in total. The number of amides is 2. The van der Waals surface area contributed by atoms with Gasteiger partial charge in [0.25, 0.3) is 5.91 Å². The Bertz CT molecular complexity index is 959. The Kier molecular flexibility index (Phi) is 6.32. The Labute approximate surface area is 171 Å². The number of hydrogen-bond donors (Lipinski definition) is 3. The Hall–Kier alpha value is -3.15. The number of carbonyl (C=O) groups is 2. The van der Waals surface area contributed by atoms with Crippen LogP contribution >= 0.6 is 0 Å². The molecule has 29 heavy (non-hydrogen) atoms. The van der Waals surface area contributed by atoms with Crippen molar-refractivity contribution in [2.45, 2.75) is 46.1 Å². The van der Waals surface area contributed by atoms with Gasteiger partial charge in [-0.25, -0.2) is 4.98 Å². The van der Waals surface area contributed by atoms with Crippen LogP contribution in [0.15, 0.2) is 48.5 Å². The molecular formula is C23H28N4O2. The van der Waals surface area contributed by atoms with Crippen molar-refractivity contribution in [3.05, 3.63) is 59.7 Å². The fourth-order valence-corrected chi connectivity index (χ4v) is 3.15. The summed E-state index contributed by atoms with van der Waals surface area (Å²) in [6, 6.07) is 14.4. The maximum absolute atomic E-state index is 12.9. The van der Waals surface area contributed by atoms with Gasteiger partial charge in [-0.1, -0.05) is 58.4 Å². The van der Waals surface area contributed by atoms with E-state index in [9.17, 15) is 9.59 Å². The third-order valence-corrected chi connectivity index (χ3v) is 5.25. The second-order valence-electron chi connectivity index (χ2n) is 7.71. The van der Waals surface area contributed by atoms with Gasteiger partial charge in [0.1, 0.15) is 6.04 Å². The van der Waals surface area contributed by atoms with E-state index in [4.69, 9.17) is 0 Å². The van der Waals surface area contributed by atoms with E-state index in [0.717, 1.165) is 17.5 Å². The number of hydrogen-bond acceptors (Lipinski definition) is 3. The molecule has 3 rings (SSSR count). The molecule has 2 amide bonds. The average molecular weight is 393 g/mol. The molecule has 0 aliphatic heterocycles. The Balaban J connectivity index is 1.74. The first-order chi connectivity index (χ1) is 13.9. The number of rotatable bonds is 7. The quantitative estimate of drug-likeness (QED) is 0.554. The van der Waals surface area contributed by atoms with Gasteiger partial charge in [0.15, 0.2) is 0 Å². The SMILES string of the molecule is CCC(C)C(NC(=O)c1ccc(C(C)C)cc1)C(=O)Nc1nc2ccccc2[nH]1. The van der Waals surface area contributed by atoms with Crippen LogP contribution in [-0.4, -0.2) is 27.8 Å². The first-order valence-corrected chi connectivity index (χ1v) is 10.1. The van der Waals surface area contributed by atoms with Crippen molar-refractivity contribution in [2.24, 2.45) is 5.92 Å². The fraction of sp³-hybridized carbons (Fsp3) is 0.348. The summed E-state index contributed by atoms with van der Waals surface area (Å²) in [7, 11) is 0. The normalized spacial score (nSPS) is 13.3. The number of H-pyrrole nitrogens is 1. The van der Waals surface area contributed by atoms with Crippen LogP contribution in [-0.2, 0) is 4.79 Å². The van der Waals surface area contributed by atoms with Crippen molar-refractivity contribution in [1.82, 2.24) is 15.3 Å². The molecule has 1 heterocycles. The van der Waals surface area contributed by atoms with Crippen LogP contribution in [0.1, 0.15) is 56.0 Å². The van der Waals surface area contributed by atoms with Crippen molar-refractivity contribution < 1.29 is 9.59 Å². The van der Waals surface area contributed by atoms with E-state index in [1.807, 2.05) is 50.2 Å². The molecule has 0 saturated heterocycles. The van der Waals surface area contributed by atoms with Crippen LogP contribution in [0.2, 0.25) is 0 Å². The van der Waals surface area contributed by atoms with Crippen molar-refractivity contribution in [1.29, 1.82) is 0 Å². The Morgan fingerprint density at radius 3 is 2.34 bits per heavy atom. The smallest absolute Gasteiger partial charge is 0.251 e. The van der Waals surface area contributed by atoms with Crippen molar-refractivity contribution >= 4 is 28.8 Å². The summed E-state index contributed by atoms with van der Waals surface area (Å²) in [6.07, 6.45) is 0.755. The molecule has 3 aromatic rings. The maximum Gasteiger partial charge on any atom is 0.251 e. The van der Waals surface area contributed by atoms with Gasteiger partial charge in [-0.3, -0.25) is 14.9 Å². The Morgan fingerprint density at radius 2 is 1.72 bits per heavy atom. The molecule has 6 nitrogen and oxygen atoms in total. The summed E-state index contributed by atoms with van der Waals surface area (Å²) in [5.41, 5.74) is 3.33. The first kappa shape index (κ1) is 20.6. The van der Waals surface area contributed by atoms with Crippen LogP contribution in [0.3, 0.4) is 0 Å². The van der Waals surface area contributed by atoms with E-state index in [1.165, 1.54) is 5.56 Å². The van der Waals surface area contributed by atoms with Crippen LogP contribution in [0.4, 0.5) is 5.95 Å². The second-order valence-corrected chi connectivity index (χ2v) is 7.71. The molecule has 2 aromatic carbocycles. The molecule has 0 fully saturated rings. The molecule has 0 radical (unpaired) electrons. The maximum atomic E-state index is 12.9. The van der Waals surface area contributed by atoms with Gasteiger partial charge in [-0.2, -0.15) is 0 Å². The van der Waals surface area contributed by atoms with Gasteiger partial charge in [-0.05, 0) is 41.7 Å². The largest absolute Gasteiger partial charge is 0.340 e. The summed E-state index contributed by atoms with van der Waals surface area (Å²) in [5, 5.41) is 5.70. The summed E-state index contributed by atoms with van der Waals surface area (Å²) in [6.45, 7) is 8.16. The topological polar surface area (TPSA) is 86.9 Å². The van der Waals surface area contributed by atoms with Gasteiger partial charge < -0.3 is 10.3 Å². The van der Waals surface area contributed by atoms with Crippen molar-refractivity contribution in [3.8, 4) is 0 Å². The highest BCUT2D eigenvalue weighted by Gasteiger charge is 2.27. The highest BCUT2D eigenvalue weighted by molar-refractivity contribution is 6.01. The van der Waals surface area contributed by atoms with Gasteiger partial charge in [0.2, 0.25) is 11.9 Å². The molecular weight excluding hydrogens is 364 g/mol. The number of aromatic amines is 1. The lowest BCUT2D eigenvalue weighted by Gasteiger charge is -2.23. The number of nitrogens with zero attached hydrogens (tertiary/aromatic N) is 1. The number of imidazole rings is 1. The van der Waals surface area contributed by atoms with Gasteiger partial charge in [0, 0.05) is 5.56 Å². The van der Waals surface area contributed by atoms with E-state index in [1.54, 1.807) is 12.1 Å². The zero-order valence-electron chi connectivity index (χ0n) is 17.3. The number of para-hydroxylation sites is 2. The van der Waals surface area contributed by atoms with Gasteiger partial charge >= 0.3 is 0 Å².